The van der Waals surface area contributed by atoms with Gasteiger partial charge in [-0.05, 0) is 54.0 Å². The van der Waals surface area contributed by atoms with Gasteiger partial charge in [-0.25, -0.2) is 0 Å². The number of benzene rings is 1. The van der Waals surface area contributed by atoms with Crippen molar-refractivity contribution in [1.82, 2.24) is 0 Å². The summed E-state index contributed by atoms with van der Waals surface area (Å²) in [4.78, 5) is 0. The van der Waals surface area contributed by atoms with Crippen LogP contribution in [0.25, 0.3) is 0 Å². The highest BCUT2D eigenvalue weighted by Crippen LogP contribution is 2.38. The first-order valence-electron chi connectivity index (χ1n) is 11.6. The molecule has 0 unspecified atom stereocenters. The van der Waals surface area contributed by atoms with Crippen LogP contribution in [0.1, 0.15) is 53.5 Å². The Hall–Kier alpha value is -1.11. The molecule has 0 aromatic heterocycles. The van der Waals surface area contributed by atoms with Crippen LogP contribution in [-0.2, 0) is 20.2 Å². The number of hydrogen-bond acceptors (Lipinski definition) is 4. The summed E-state index contributed by atoms with van der Waals surface area (Å²) >= 11 is 0. The SMILES string of the molecule is COc1ccc(COC[C@@H](CC#CCO[Si](C)(C)C(C)(C)C)O[Si](C)(C)C(C)(C)C)cc1. The molecule has 0 aliphatic heterocycles. The minimum absolute atomic E-state index is 0.0467. The molecular formula is C26H46O4Si2. The first-order chi connectivity index (χ1) is 14.6. The molecule has 32 heavy (non-hydrogen) atoms. The summed E-state index contributed by atoms with van der Waals surface area (Å²) < 4.78 is 24.1. The molecule has 0 aliphatic rings. The van der Waals surface area contributed by atoms with E-state index in [0.29, 0.717) is 26.2 Å². The molecule has 0 radical (unpaired) electrons. The molecule has 0 bridgehead atoms. The monoisotopic (exact) mass is 478 g/mol. The van der Waals surface area contributed by atoms with Gasteiger partial charge < -0.3 is 18.3 Å². The van der Waals surface area contributed by atoms with Crippen molar-refractivity contribution in [1.29, 1.82) is 0 Å². The summed E-state index contributed by atoms with van der Waals surface area (Å²) in [6.45, 7) is 24.1. The molecule has 1 aromatic carbocycles. The zero-order valence-electron chi connectivity index (χ0n) is 22.3. The number of hydrogen-bond donors (Lipinski definition) is 0. The van der Waals surface area contributed by atoms with Crippen molar-refractivity contribution >= 4 is 16.6 Å². The van der Waals surface area contributed by atoms with Crippen LogP contribution >= 0.6 is 0 Å². The first kappa shape index (κ1) is 28.9. The molecular weight excluding hydrogens is 432 g/mol. The van der Waals surface area contributed by atoms with Gasteiger partial charge in [-0.15, -0.1) is 0 Å². The number of methoxy groups -OCH3 is 1. The zero-order chi connectivity index (χ0) is 24.6. The van der Waals surface area contributed by atoms with Gasteiger partial charge in [0.1, 0.15) is 5.75 Å². The molecule has 1 atom stereocenters. The van der Waals surface area contributed by atoms with E-state index in [0.717, 1.165) is 11.3 Å². The molecule has 1 rings (SSSR count). The Kier molecular flexibility index (Phi) is 10.7. The molecule has 0 saturated heterocycles. The van der Waals surface area contributed by atoms with Crippen molar-refractivity contribution < 1.29 is 18.3 Å². The van der Waals surface area contributed by atoms with E-state index in [1.165, 1.54) is 0 Å². The fourth-order valence-corrected chi connectivity index (χ4v) is 4.63. The lowest BCUT2D eigenvalue weighted by Crippen LogP contribution is -2.45. The van der Waals surface area contributed by atoms with Gasteiger partial charge in [0.25, 0.3) is 0 Å². The maximum Gasteiger partial charge on any atom is 0.193 e. The lowest BCUT2D eigenvalue weighted by Gasteiger charge is -2.39. The average Bonchev–Trinajstić information content (AvgIpc) is 2.66. The Morgan fingerprint density at radius 2 is 1.41 bits per heavy atom. The summed E-state index contributed by atoms with van der Waals surface area (Å²) in [6, 6.07) is 7.97. The third-order valence-electron chi connectivity index (χ3n) is 6.77. The molecule has 0 aliphatic carbocycles. The number of rotatable bonds is 10. The molecule has 6 heteroatoms. The van der Waals surface area contributed by atoms with E-state index >= 15 is 0 Å². The van der Waals surface area contributed by atoms with Crippen LogP contribution in [-0.4, -0.2) is 43.1 Å². The second-order valence-corrected chi connectivity index (χ2v) is 21.0. The topological polar surface area (TPSA) is 36.9 Å². The van der Waals surface area contributed by atoms with Crippen LogP contribution < -0.4 is 4.74 Å². The highest BCUT2D eigenvalue weighted by molar-refractivity contribution is 6.74. The molecule has 0 fully saturated rings. The van der Waals surface area contributed by atoms with Gasteiger partial charge in [0.05, 0.1) is 33.0 Å². The summed E-state index contributed by atoms with van der Waals surface area (Å²) in [5.74, 6) is 7.36. The normalized spacial score (nSPS) is 14.0. The van der Waals surface area contributed by atoms with E-state index in [4.69, 9.17) is 18.3 Å². The Bertz CT molecular complexity index is 747. The van der Waals surface area contributed by atoms with Gasteiger partial charge in [0, 0.05) is 6.42 Å². The van der Waals surface area contributed by atoms with Gasteiger partial charge in [0.15, 0.2) is 16.6 Å². The van der Waals surface area contributed by atoms with Gasteiger partial charge >= 0.3 is 0 Å². The fraction of sp³-hybridized carbons (Fsp3) is 0.692. The molecule has 0 saturated carbocycles. The minimum atomic E-state index is -1.92. The maximum atomic E-state index is 6.64. The van der Waals surface area contributed by atoms with Gasteiger partial charge in [-0.1, -0.05) is 65.5 Å². The van der Waals surface area contributed by atoms with Crippen LogP contribution in [0, 0.1) is 11.8 Å². The summed E-state index contributed by atoms with van der Waals surface area (Å²) in [6.07, 6.45) is 0.602. The standard InChI is InChI=1S/C26H46O4Si2/c1-25(2,3)31(8,9)29-19-13-12-14-24(30-32(10,11)26(4,5)6)21-28-20-22-15-17-23(27-7)18-16-22/h15-18,24H,14,19-21H2,1-11H3/t24-/m1/s1. The molecule has 4 nitrogen and oxygen atoms in total. The quantitative estimate of drug-likeness (QED) is 0.267. The molecule has 1 aromatic rings. The van der Waals surface area contributed by atoms with Crippen LogP contribution in [0.15, 0.2) is 24.3 Å². The molecule has 0 heterocycles. The summed E-state index contributed by atoms with van der Waals surface area (Å²) in [5.41, 5.74) is 1.12. The van der Waals surface area contributed by atoms with E-state index in [1.54, 1.807) is 7.11 Å². The summed E-state index contributed by atoms with van der Waals surface area (Å²) in [5, 5.41) is 0.331. The molecule has 0 N–H and O–H groups in total. The van der Waals surface area contributed by atoms with Crippen molar-refractivity contribution in [2.75, 3.05) is 20.3 Å². The lowest BCUT2D eigenvalue weighted by molar-refractivity contribution is 0.0368. The van der Waals surface area contributed by atoms with E-state index in [2.05, 4.69) is 79.6 Å². The highest BCUT2D eigenvalue weighted by atomic mass is 28.4. The largest absolute Gasteiger partial charge is 0.497 e. The summed E-state index contributed by atoms with van der Waals surface area (Å²) in [7, 11) is -2.02. The average molecular weight is 479 g/mol. The lowest BCUT2D eigenvalue weighted by atomic mass is 10.2. The Balaban J connectivity index is 2.72. The zero-order valence-corrected chi connectivity index (χ0v) is 24.3. The van der Waals surface area contributed by atoms with Crippen molar-refractivity contribution in [3.63, 3.8) is 0 Å². The van der Waals surface area contributed by atoms with E-state index in [-0.39, 0.29) is 16.2 Å². The van der Waals surface area contributed by atoms with E-state index < -0.39 is 16.6 Å². The third-order valence-corrected chi connectivity index (χ3v) is 15.8. The predicted molar refractivity (Wildman–Crippen MR) is 140 cm³/mol. The molecule has 182 valence electrons. The second kappa shape index (κ2) is 11.8. The minimum Gasteiger partial charge on any atom is -0.497 e. The Labute approximate surface area is 199 Å². The third kappa shape index (κ3) is 9.40. The van der Waals surface area contributed by atoms with Gasteiger partial charge in [-0.2, -0.15) is 0 Å². The van der Waals surface area contributed by atoms with E-state index in [1.807, 2.05) is 24.3 Å². The highest BCUT2D eigenvalue weighted by Gasteiger charge is 2.39. The first-order valence-corrected chi connectivity index (χ1v) is 17.4. The van der Waals surface area contributed by atoms with Crippen molar-refractivity contribution in [2.45, 2.75) is 96.9 Å². The Morgan fingerprint density at radius 3 is 1.91 bits per heavy atom. The predicted octanol–water partition coefficient (Wildman–Crippen LogP) is 7.02. The fourth-order valence-electron chi connectivity index (χ4n) is 2.43. The van der Waals surface area contributed by atoms with Crippen molar-refractivity contribution in [3.05, 3.63) is 29.8 Å². The maximum absolute atomic E-state index is 6.64. The smallest absolute Gasteiger partial charge is 0.193 e. The Morgan fingerprint density at radius 1 is 0.844 bits per heavy atom. The van der Waals surface area contributed by atoms with E-state index in [9.17, 15) is 0 Å². The number of ether oxygens (including phenoxy) is 2. The molecule has 0 amide bonds. The van der Waals surface area contributed by atoms with Crippen molar-refractivity contribution in [3.8, 4) is 17.6 Å². The van der Waals surface area contributed by atoms with Crippen LogP contribution in [0.4, 0.5) is 0 Å². The van der Waals surface area contributed by atoms with Crippen molar-refractivity contribution in [2.24, 2.45) is 0 Å². The van der Waals surface area contributed by atoms with Gasteiger partial charge in [-0.3, -0.25) is 0 Å². The van der Waals surface area contributed by atoms with Crippen LogP contribution in [0.3, 0.4) is 0 Å². The molecule has 0 spiro atoms. The van der Waals surface area contributed by atoms with Gasteiger partial charge in [0.2, 0.25) is 0 Å². The van der Waals surface area contributed by atoms with Crippen LogP contribution in [0.2, 0.25) is 36.3 Å². The van der Waals surface area contributed by atoms with Crippen LogP contribution in [0.5, 0.6) is 5.75 Å². The second-order valence-electron chi connectivity index (χ2n) is 11.5.